The fourth-order valence-corrected chi connectivity index (χ4v) is 6.03. The summed E-state index contributed by atoms with van der Waals surface area (Å²) in [5.41, 5.74) is 6.77. The van der Waals surface area contributed by atoms with E-state index in [1.54, 1.807) is 16.4 Å². The topological polar surface area (TPSA) is 37.4 Å². The van der Waals surface area contributed by atoms with Crippen molar-refractivity contribution < 1.29 is 8.42 Å². The van der Waals surface area contributed by atoms with E-state index in [2.05, 4.69) is 12.1 Å². The highest BCUT2D eigenvalue weighted by molar-refractivity contribution is 7.92. The minimum Gasteiger partial charge on any atom is -0.254 e. The molecule has 3 nitrogen and oxygen atoms in total. The van der Waals surface area contributed by atoms with E-state index >= 15 is 0 Å². The van der Waals surface area contributed by atoms with E-state index in [9.17, 15) is 8.42 Å². The van der Waals surface area contributed by atoms with Gasteiger partial charge >= 0.3 is 0 Å². The Labute approximate surface area is 183 Å². The Morgan fingerprint density at radius 3 is 2.10 bits per heavy atom. The van der Waals surface area contributed by atoms with Gasteiger partial charge in [-0.05, 0) is 48.7 Å². The number of aryl methyl sites for hydroxylation is 2. The molecule has 0 spiro atoms. The van der Waals surface area contributed by atoms with Crippen molar-refractivity contribution in [2.75, 3.05) is 4.31 Å². The molecule has 4 heteroatoms. The molecule has 0 saturated heterocycles. The molecule has 5 rings (SSSR count). The van der Waals surface area contributed by atoms with Crippen LogP contribution in [-0.4, -0.2) is 8.42 Å². The molecular formula is C27H23NO2S. The monoisotopic (exact) mass is 425 g/mol. The third-order valence-corrected chi connectivity index (χ3v) is 7.65. The van der Waals surface area contributed by atoms with Crippen molar-refractivity contribution in [2.24, 2.45) is 0 Å². The number of hydrogen-bond acceptors (Lipinski definition) is 2. The van der Waals surface area contributed by atoms with Crippen LogP contribution in [-0.2, 0) is 10.0 Å². The van der Waals surface area contributed by atoms with Gasteiger partial charge in [-0.25, -0.2) is 8.42 Å². The molecule has 0 aromatic heterocycles. The van der Waals surface area contributed by atoms with Crippen LogP contribution < -0.4 is 4.31 Å². The lowest BCUT2D eigenvalue weighted by Crippen LogP contribution is -2.38. The molecule has 0 aliphatic carbocycles. The number of rotatable bonds is 3. The average Bonchev–Trinajstić information content (AvgIpc) is 2.78. The van der Waals surface area contributed by atoms with E-state index < -0.39 is 16.1 Å². The van der Waals surface area contributed by atoms with Crippen LogP contribution in [0.15, 0.2) is 102 Å². The molecular weight excluding hydrogens is 402 g/mol. The van der Waals surface area contributed by atoms with Gasteiger partial charge in [-0.1, -0.05) is 90.0 Å². The first-order valence-electron chi connectivity index (χ1n) is 10.3. The van der Waals surface area contributed by atoms with Crippen LogP contribution in [0.2, 0.25) is 0 Å². The lowest BCUT2D eigenvalue weighted by atomic mass is 9.86. The maximum atomic E-state index is 14.1. The summed E-state index contributed by atoms with van der Waals surface area (Å²) in [5, 5.41) is 0. The second kappa shape index (κ2) is 7.40. The lowest BCUT2D eigenvalue weighted by Gasteiger charge is -2.39. The Kier molecular flexibility index (Phi) is 4.67. The maximum absolute atomic E-state index is 14.1. The van der Waals surface area contributed by atoms with Gasteiger partial charge in [-0.3, -0.25) is 4.31 Å². The zero-order chi connectivity index (χ0) is 21.6. The molecule has 4 aromatic rings. The minimum atomic E-state index is -3.81. The smallest absolute Gasteiger partial charge is 0.254 e. The molecule has 4 aromatic carbocycles. The SMILES string of the molecule is Cc1ccc(S(=O)(=O)N2c3ccccc3-c3ccccc3C2c2cccc(C)c2)cc1. The van der Waals surface area contributed by atoms with Gasteiger partial charge in [-0.2, -0.15) is 0 Å². The predicted octanol–water partition coefficient (Wildman–Crippen LogP) is 6.27. The van der Waals surface area contributed by atoms with E-state index in [4.69, 9.17) is 0 Å². The van der Waals surface area contributed by atoms with Gasteiger partial charge in [0.05, 0.1) is 16.6 Å². The molecule has 1 atom stereocenters. The minimum absolute atomic E-state index is 0.296. The Bertz CT molecular complexity index is 1370. The highest BCUT2D eigenvalue weighted by Gasteiger charge is 2.39. The molecule has 1 aliphatic heterocycles. The van der Waals surface area contributed by atoms with Crippen molar-refractivity contribution in [3.05, 3.63) is 119 Å². The van der Waals surface area contributed by atoms with E-state index in [0.717, 1.165) is 33.4 Å². The Morgan fingerprint density at radius 1 is 0.677 bits per heavy atom. The van der Waals surface area contributed by atoms with Gasteiger partial charge in [0, 0.05) is 5.56 Å². The van der Waals surface area contributed by atoms with Crippen LogP contribution in [0.4, 0.5) is 5.69 Å². The molecule has 0 N–H and O–H groups in total. The Balaban J connectivity index is 1.83. The molecule has 1 unspecified atom stereocenters. The van der Waals surface area contributed by atoms with Crippen molar-refractivity contribution in [1.82, 2.24) is 0 Å². The van der Waals surface area contributed by atoms with Crippen molar-refractivity contribution in [3.8, 4) is 11.1 Å². The zero-order valence-electron chi connectivity index (χ0n) is 17.5. The maximum Gasteiger partial charge on any atom is 0.265 e. The van der Waals surface area contributed by atoms with Gasteiger partial charge in [0.2, 0.25) is 0 Å². The largest absolute Gasteiger partial charge is 0.265 e. The summed E-state index contributed by atoms with van der Waals surface area (Å²) in [7, 11) is -3.81. The van der Waals surface area contributed by atoms with Gasteiger partial charge in [0.25, 0.3) is 10.0 Å². The Hall–Kier alpha value is -3.37. The lowest BCUT2D eigenvalue weighted by molar-refractivity contribution is 0.585. The number of nitrogens with zero attached hydrogens (tertiary/aromatic N) is 1. The van der Waals surface area contributed by atoms with E-state index in [-0.39, 0.29) is 0 Å². The second-order valence-corrected chi connectivity index (χ2v) is 9.85. The van der Waals surface area contributed by atoms with Gasteiger partial charge < -0.3 is 0 Å². The number of para-hydroxylation sites is 1. The summed E-state index contributed by atoms with van der Waals surface area (Å²) in [6, 6.07) is 30.6. The summed E-state index contributed by atoms with van der Waals surface area (Å²) < 4.78 is 29.7. The molecule has 154 valence electrons. The van der Waals surface area contributed by atoms with Gasteiger partial charge in [0.1, 0.15) is 0 Å². The van der Waals surface area contributed by atoms with Crippen molar-refractivity contribution in [2.45, 2.75) is 24.8 Å². The molecule has 0 amide bonds. The van der Waals surface area contributed by atoms with Crippen LogP contribution in [0.5, 0.6) is 0 Å². The fraction of sp³-hybridized carbons (Fsp3) is 0.111. The number of fused-ring (bicyclic) bond motifs is 3. The molecule has 1 aliphatic rings. The van der Waals surface area contributed by atoms with Crippen molar-refractivity contribution in [3.63, 3.8) is 0 Å². The first kappa shape index (κ1) is 19.6. The highest BCUT2D eigenvalue weighted by atomic mass is 32.2. The molecule has 0 radical (unpaired) electrons. The summed E-state index contributed by atoms with van der Waals surface area (Å²) >= 11 is 0. The molecule has 0 bridgehead atoms. The zero-order valence-corrected chi connectivity index (χ0v) is 18.3. The molecule has 0 fully saturated rings. The van der Waals surface area contributed by atoms with Crippen LogP contribution in [0.25, 0.3) is 11.1 Å². The first-order chi connectivity index (χ1) is 15.0. The summed E-state index contributed by atoms with van der Waals surface area (Å²) in [5.74, 6) is 0. The van der Waals surface area contributed by atoms with Crippen LogP contribution in [0, 0.1) is 13.8 Å². The summed E-state index contributed by atoms with van der Waals surface area (Å²) in [6.45, 7) is 3.99. The number of anilines is 1. The van der Waals surface area contributed by atoms with Crippen LogP contribution in [0.1, 0.15) is 28.3 Å². The highest BCUT2D eigenvalue weighted by Crippen LogP contribution is 2.49. The van der Waals surface area contributed by atoms with Crippen LogP contribution in [0.3, 0.4) is 0 Å². The standard InChI is InChI=1S/C27H23NO2S/c1-19-14-16-22(17-15-19)31(29,30)28-26-13-6-5-11-24(26)23-10-3-4-12-25(23)27(28)21-9-7-8-20(2)18-21/h3-18,27H,1-2H3. The molecule has 1 heterocycles. The molecule has 0 saturated carbocycles. The summed E-state index contributed by atoms with van der Waals surface area (Å²) in [4.78, 5) is 0.296. The fourth-order valence-electron chi connectivity index (χ4n) is 4.39. The van der Waals surface area contributed by atoms with Crippen LogP contribution >= 0.6 is 0 Å². The third-order valence-electron chi connectivity index (χ3n) is 5.86. The average molecular weight is 426 g/mol. The van der Waals surface area contributed by atoms with E-state index in [1.165, 1.54) is 0 Å². The van der Waals surface area contributed by atoms with Gasteiger partial charge in [0.15, 0.2) is 0 Å². The number of hydrogen-bond donors (Lipinski definition) is 0. The van der Waals surface area contributed by atoms with Crippen molar-refractivity contribution >= 4 is 15.7 Å². The normalized spacial score (nSPS) is 15.3. The second-order valence-electron chi connectivity index (χ2n) is 8.03. The van der Waals surface area contributed by atoms with E-state index in [0.29, 0.717) is 10.6 Å². The molecule has 31 heavy (non-hydrogen) atoms. The quantitative estimate of drug-likeness (QED) is 0.388. The number of sulfonamides is 1. The van der Waals surface area contributed by atoms with E-state index in [1.807, 2.05) is 86.6 Å². The third kappa shape index (κ3) is 3.24. The predicted molar refractivity (Wildman–Crippen MR) is 126 cm³/mol. The van der Waals surface area contributed by atoms with Crippen molar-refractivity contribution in [1.29, 1.82) is 0 Å². The summed E-state index contributed by atoms with van der Waals surface area (Å²) in [6.07, 6.45) is 0. The first-order valence-corrected chi connectivity index (χ1v) is 11.8. The van der Waals surface area contributed by atoms with Gasteiger partial charge in [-0.15, -0.1) is 0 Å². The number of benzene rings is 4. The Morgan fingerprint density at radius 2 is 1.35 bits per heavy atom.